The molecule has 0 aliphatic heterocycles. The summed E-state index contributed by atoms with van der Waals surface area (Å²) in [5.41, 5.74) is -0.133. The molecule has 0 radical (unpaired) electrons. The Morgan fingerprint density at radius 2 is 1.89 bits per heavy atom. The summed E-state index contributed by atoms with van der Waals surface area (Å²) in [5.74, 6) is -0.345. The van der Waals surface area contributed by atoms with Crippen molar-refractivity contribution in [1.82, 2.24) is 0 Å². The van der Waals surface area contributed by atoms with Crippen LogP contribution < -0.4 is 0 Å². The van der Waals surface area contributed by atoms with Crippen LogP contribution in [0.25, 0.3) is 0 Å². The van der Waals surface area contributed by atoms with Crippen molar-refractivity contribution in [2.24, 2.45) is 11.3 Å². The lowest BCUT2D eigenvalue weighted by atomic mass is 9.63. The minimum atomic E-state index is -1.04. The van der Waals surface area contributed by atoms with Gasteiger partial charge in [-0.25, -0.2) is 0 Å². The van der Waals surface area contributed by atoms with E-state index in [9.17, 15) is 9.90 Å². The zero-order valence-electron chi connectivity index (χ0n) is 10.8. The Labute approximate surface area is 113 Å². The van der Waals surface area contributed by atoms with Crippen molar-refractivity contribution in [3.63, 3.8) is 0 Å². The van der Waals surface area contributed by atoms with Crippen molar-refractivity contribution in [3.8, 4) is 0 Å². The summed E-state index contributed by atoms with van der Waals surface area (Å²) >= 11 is 5.86. The Bertz CT molecular complexity index is 438. The molecule has 1 fully saturated rings. The van der Waals surface area contributed by atoms with Crippen LogP contribution in [-0.4, -0.2) is 11.4 Å². The first-order valence-electron chi connectivity index (χ1n) is 6.31. The molecule has 98 valence electrons. The summed E-state index contributed by atoms with van der Waals surface area (Å²) in [4.78, 5) is 11.3. The van der Waals surface area contributed by atoms with Gasteiger partial charge in [0.25, 0.3) is 0 Å². The molecule has 0 spiro atoms. The van der Waals surface area contributed by atoms with E-state index in [0.717, 1.165) is 24.7 Å². The number of hydrogen-bond donors (Lipinski definition) is 1. The fourth-order valence-corrected chi connectivity index (χ4v) is 2.96. The Morgan fingerprint density at radius 1 is 1.28 bits per heavy atom. The SMILES string of the molecule is CC1(C)CCC(O)(c2ccc(Cl)cc2)C(C=O)C1. The summed E-state index contributed by atoms with van der Waals surface area (Å²) in [6, 6.07) is 7.15. The second-order valence-corrected chi connectivity index (χ2v) is 6.48. The van der Waals surface area contributed by atoms with E-state index in [1.807, 2.05) is 12.1 Å². The minimum absolute atomic E-state index is 0.115. The molecule has 2 rings (SSSR count). The quantitative estimate of drug-likeness (QED) is 0.831. The van der Waals surface area contributed by atoms with E-state index in [1.165, 1.54) is 0 Å². The fraction of sp³-hybridized carbons (Fsp3) is 0.533. The van der Waals surface area contributed by atoms with Gasteiger partial charge in [0, 0.05) is 10.9 Å². The lowest BCUT2D eigenvalue weighted by Gasteiger charge is -2.44. The van der Waals surface area contributed by atoms with E-state index >= 15 is 0 Å². The highest BCUT2D eigenvalue weighted by molar-refractivity contribution is 6.30. The average molecular weight is 267 g/mol. The van der Waals surface area contributed by atoms with Gasteiger partial charge < -0.3 is 9.90 Å². The lowest BCUT2D eigenvalue weighted by Crippen LogP contribution is -2.43. The largest absolute Gasteiger partial charge is 0.384 e. The van der Waals surface area contributed by atoms with Gasteiger partial charge in [0.05, 0.1) is 5.60 Å². The number of rotatable bonds is 2. The molecule has 2 unspecified atom stereocenters. The molecule has 0 amide bonds. The predicted octanol–water partition coefficient (Wildman–Crippen LogP) is 3.55. The predicted molar refractivity (Wildman–Crippen MR) is 72.5 cm³/mol. The Balaban J connectivity index is 2.34. The van der Waals surface area contributed by atoms with E-state index in [0.29, 0.717) is 11.4 Å². The van der Waals surface area contributed by atoms with Gasteiger partial charge in [-0.1, -0.05) is 37.6 Å². The molecule has 1 saturated carbocycles. The minimum Gasteiger partial charge on any atom is -0.384 e. The highest BCUT2D eigenvalue weighted by Gasteiger charge is 2.45. The first kappa shape index (κ1) is 13.6. The van der Waals surface area contributed by atoms with Gasteiger partial charge in [-0.3, -0.25) is 0 Å². The van der Waals surface area contributed by atoms with Crippen LogP contribution in [0.1, 0.15) is 38.7 Å². The van der Waals surface area contributed by atoms with E-state index in [2.05, 4.69) is 13.8 Å². The van der Waals surface area contributed by atoms with Crippen molar-refractivity contribution in [3.05, 3.63) is 34.9 Å². The maximum absolute atomic E-state index is 11.3. The van der Waals surface area contributed by atoms with Crippen LogP contribution in [0.4, 0.5) is 0 Å². The number of aldehydes is 1. The molecule has 0 heterocycles. The van der Waals surface area contributed by atoms with Gasteiger partial charge in [-0.15, -0.1) is 0 Å². The lowest BCUT2D eigenvalue weighted by molar-refractivity contribution is -0.131. The van der Waals surface area contributed by atoms with Crippen molar-refractivity contribution >= 4 is 17.9 Å². The van der Waals surface area contributed by atoms with Gasteiger partial charge in [-0.2, -0.15) is 0 Å². The smallest absolute Gasteiger partial charge is 0.126 e. The number of carbonyl (C=O) groups is 1. The molecule has 0 aromatic heterocycles. The van der Waals surface area contributed by atoms with Gasteiger partial charge in [0.15, 0.2) is 0 Å². The molecule has 1 aliphatic rings. The zero-order chi connectivity index (χ0) is 13.4. The molecule has 18 heavy (non-hydrogen) atoms. The number of benzene rings is 1. The average Bonchev–Trinajstić information content (AvgIpc) is 2.33. The summed E-state index contributed by atoms with van der Waals surface area (Å²) in [6.45, 7) is 4.29. The highest BCUT2D eigenvalue weighted by atomic mass is 35.5. The summed E-state index contributed by atoms with van der Waals surface area (Å²) in [7, 11) is 0. The second kappa shape index (κ2) is 4.67. The number of carbonyl (C=O) groups excluding carboxylic acids is 1. The number of aliphatic hydroxyl groups is 1. The molecular weight excluding hydrogens is 248 g/mol. The Kier molecular flexibility index (Phi) is 3.52. The fourth-order valence-electron chi connectivity index (χ4n) is 2.84. The van der Waals surface area contributed by atoms with E-state index < -0.39 is 5.60 Å². The highest BCUT2D eigenvalue weighted by Crippen LogP contribution is 2.48. The van der Waals surface area contributed by atoms with Crippen molar-refractivity contribution in [2.45, 2.75) is 38.7 Å². The summed E-state index contributed by atoms with van der Waals surface area (Å²) in [6.07, 6.45) is 3.15. The van der Waals surface area contributed by atoms with Crippen LogP contribution in [0.2, 0.25) is 5.02 Å². The van der Waals surface area contributed by atoms with Crippen molar-refractivity contribution < 1.29 is 9.90 Å². The van der Waals surface area contributed by atoms with Crippen LogP contribution in [0, 0.1) is 11.3 Å². The monoisotopic (exact) mass is 266 g/mol. The normalized spacial score (nSPS) is 31.0. The third-order valence-electron chi connectivity index (χ3n) is 4.08. The second-order valence-electron chi connectivity index (χ2n) is 6.04. The van der Waals surface area contributed by atoms with Crippen LogP contribution in [-0.2, 0) is 10.4 Å². The molecule has 1 aromatic rings. The molecule has 1 N–H and O–H groups in total. The molecule has 0 saturated heterocycles. The standard InChI is InChI=1S/C15H19ClO2/c1-14(2)7-8-15(18,12(9-14)10-17)11-3-5-13(16)6-4-11/h3-6,10,12,18H,7-9H2,1-2H3. The molecular formula is C15H19ClO2. The van der Waals surface area contributed by atoms with E-state index in [4.69, 9.17) is 11.6 Å². The first-order valence-corrected chi connectivity index (χ1v) is 6.69. The van der Waals surface area contributed by atoms with Crippen LogP contribution in [0.3, 0.4) is 0 Å². The van der Waals surface area contributed by atoms with E-state index in [-0.39, 0.29) is 11.3 Å². The molecule has 1 aliphatic carbocycles. The van der Waals surface area contributed by atoms with Crippen molar-refractivity contribution in [2.75, 3.05) is 0 Å². The zero-order valence-corrected chi connectivity index (χ0v) is 11.6. The van der Waals surface area contributed by atoms with E-state index in [1.54, 1.807) is 12.1 Å². The topological polar surface area (TPSA) is 37.3 Å². The van der Waals surface area contributed by atoms with Crippen LogP contribution >= 0.6 is 11.6 Å². The Morgan fingerprint density at radius 3 is 2.44 bits per heavy atom. The summed E-state index contributed by atoms with van der Waals surface area (Å²) in [5, 5.41) is 11.5. The molecule has 3 heteroatoms. The molecule has 2 atom stereocenters. The van der Waals surface area contributed by atoms with Crippen LogP contribution in [0.5, 0.6) is 0 Å². The molecule has 0 bridgehead atoms. The van der Waals surface area contributed by atoms with Crippen LogP contribution in [0.15, 0.2) is 24.3 Å². The Hall–Kier alpha value is -0.860. The van der Waals surface area contributed by atoms with Crippen molar-refractivity contribution in [1.29, 1.82) is 0 Å². The maximum Gasteiger partial charge on any atom is 0.126 e. The first-order chi connectivity index (χ1) is 8.37. The van der Waals surface area contributed by atoms with Gasteiger partial charge in [0.1, 0.15) is 6.29 Å². The maximum atomic E-state index is 11.3. The van der Waals surface area contributed by atoms with Gasteiger partial charge >= 0.3 is 0 Å². The summed E-state index contributed by atoms with van der Waals surface area (Å²) < 4.78 is 0. The number of hydrogen-bond acceptors (Lipinski definition) is 2. The molecule has 1 aromatic carbocycles. The number of halogens is 1. The third kappa shape index (κ3) is 2.45. The van der Waals surface area contributed by atoms with Gasteiger partial charge in [-0.05, 0) is 42.4 Å². The molecule has 2 nitrogen and oxygen atoms in total. The third-order valence-corrected chi connectivity index (χ3v) is 4.33. The van der Waals surface area contributed by atoms with Gasteiger partial charge in [0.2, 0.25) is 0 Å².